The van der Waals surface area contributed by atoms with Crippen LogP contribution in [0.1, 0.15) is 32.6 Å². The van der Waals surface area contributed by atoms with E-state index in [0.717, 1.165) is 17.1 Å². The van der Waals surface area contributed by atoms with Gasteiger partial charge >= 0.3 is 0 Å². The number of nitrogen functional groups attached to an aromatic ring is 1. The Morgan fingerprint density at radius 2 is 1.90 bits per heavy atom. The van der Waals surface area contributed by atoms with Gasteiger partial charge in [-0.05, 0) is 24.6 Å². The molecule has 0 radical (unpaired) electrons. The molecule has 1 aromatic carbocycles. The molecule has 0 aliphatic heterocycles. The number of unbranched alkanes of at least 4 members (excludes halogenated alkanes) is 3. The van der Waals surface area contributed by atoms with E-state index in [1.54, 1.807) is 6.07 Å². The minimum Gasteiger partial charge on any atom is -0.491 e. The highest BCUT2D eigenvalue weighted by Crippen LogP contribution is 2.26. The molecule has 0 aromatic heterocycles. The number of benzene rings is 1. The van der Waals surface area contributed by atoms with Crippen molar-refractivity contribution in [2.75, 3.05) is 26.4 Å². The molecular formula is C14H24N2O3S. The Bertz CT molecular complexity index is 527. The third-order valence-corrected chi connectivity index (χ3v) is 4.83. The Kier molecular flexibility index (Phi) is 6.29. The van der Waals surface area contributed by atoms with Gasteiger partial charge in [0.2, 0.25) is 10.0 Å². The fourth-order valence-electron chi connectivity index (χ4n) is 1.74. The van der Waals surface area contributed by atoms with E-state index in [0.29, 0.717) is 18.0 Å². The SMILES string of the molecule is CCCCCCOc1ccc(S(=O)(=O)N(C)C)cc1N. The highest BCUT2D eigenvalue weighted by Gasteiger charge is 2.18. The lowest BCUT2D eigenvalue weighted by Gasteiger charge is -2.14. The summed E-state index contributed by atoms with van der Waals surface area (Å²) in [6.07, 6.45) is 4.48. The van der Waals surface area contributed by atoms with Gasteiger partial charge in [-0.3, -0.25) is 0 Å². The normalized spacial score (nSPS) is 11.8. The van der Waals surface area contributed by atoms with Crippen molar-refractivity contribution in [3.63, 3.8) is 0 Å². The molecule has 1 aromatic rings. The van der Waals surface area contributed by atoms with E-state index in [1.807, 2.05) is 0 Å². The van der Waals surface area contributed by atoms with Gasteiger partial charge in [-0.15, -0.1) is 0 Å². The summed E-state index contributed by atoms with van der Waals surface area (Å²) in [4.78, 5) is 0.179. The Morgan fingerprint density at radius 1 is 1.20 bits per heavy atom. The Balaban J connectivity index is 2.69. The van der Waals surface area contributed by atoms with Crippen molar-refractivity contribution >= 4 is 15.7 Å². The van der Waals surface area contributed by atoms with Crippen LogP contribution in [0, 0.1) is 0 Å². The van der Waals surface area contributed by atoms with E-state index in [9.17, 15) is 8.42 Å². The molecule has 5 nitrogen and oxygen atoms in total. The second-order valence-electron chi connectivity index (χ2n) is 4.90. The van der Waals surface area contributed by atoms with Crippen LogP contribution in [0.4, 0.5) is 5.69 Å². The first-order valence-corrected chi connectivity index (χ1v) is 8.28. The van der Waals surface area contributed by atoms with Gasteiger partial charge in [0.15, 0.2) is 0 Å². The van der Waals surface area contributed by atoms with Crippen molar-refractivity contribution in [1.29, 1.82) is 0 Å². The molecule has 2 N–H and O–H groups in total. The number of hydrogen-bond donors (Lipinski definition) is 1. The van der Waals surface area contributed by atoms with Gasteiger partial charge in [0.25, 0.3) is 0 Å². The molecule has 6 heteroatoms. The van der Waals surface area contributed by atoms with Crippen LogP contribution < -0.4 is 10.5 Å². The quantitative estimate of drug-likeness (QED) is 0.591. The Hall–Kier alpha value is -1.27. The van der Waals surface area contributed by atoms with Gasteiger partial charge in [-0.2, -0.15) is 0 Å². The van der Waals surface area contributed by atoms with E-state index in [4.69, 9.17) is 10.5 Å². The highest BCUT2D eigenvalue weighted by atomic mass is 32.2. The van der Waals surface area contributed by atoms with Gasteiger partial charge in [-0.25, -0.2) is 12.7 Å². The summed E-state index contributed by atoms with van der Waals surface area (Å²) in [5, 5.41) is 0. The standard InChI is InChI=1S/C14H24N2O3S/c1-4-5-6-7-10-19-14-9-8-12(11-13(14)15)20(17,18)16(2)3/h8-9,11H,4-7,10,15H2,1-3H3. The molecule has 0 unspecified atom stereocenters. The van der Waals surface area contributed by atoms with Crippen LogP contribution in [-0.4, -0.2) is 33.4 Å². The molecule has 0 aliphatic carbocycles. The van der Waals surface area contributed by atoms with Gasteiger partial charge < -0.3 is 10.5 Å². The molecule has 0 bridgehead atoms. The molecule has 0 heterocycles. The second kappa shape index (κ2) is 7.50. The van der Waals surface area contributed by atoms with Crippen LogP contribution >= 0.6 is 0 Å². The number of sulfonamides is 1. The molecule has 0 fully saturated rings. The van der Waals surface area contributed by atoms with Gasteiger partial charge in [0.1, 0.15) is 5.75 Å². The minimum atomic E-state index is -3.45. The van der Waals surface area contributed by atoms with Crippen molar-refractivity contribution in [3.05, 3.63) is 18.2 Å². The number of anilines is 1. The number of nitrogens with zero attached hydrogens (tertiary/aromatic N) is 1. The van der Waals surface area contributed by atoms with Crippen molar-refractivity contribution < 1.29 is 13.2 Å². The number of ether oxygens (including phenoxy) is 1. The highest BCUT2D eigenvalue weighted by molar-refractivity contribution is 7.89. The summed E-state index contributed by atoms with van der Waals surface area (Å²) in [7, 11) is -0.471. The topological polar surface area (TPSA) is 72.6 Å². The Labute approximate surface area is 121 Å². The second-order valence-corrected chi connectivity index (χ2v) is 7.05. The summed E-state index contributed by atoms with van der Waals surface area (Å²) >= 11 is 0. The van der Waals surface area contributed by atoms with Crippen molar-refractivity contribution in [2.24, 2.45) is 0 Å². The largest absolute Gasteiger partial charge is 0.491 e. The summed E-state index contributed by atoms with van der Waals surface area (Å²) < 4.78 is 30.7. The lowest BCUT2D eigenvalue weighted by molar-refractivity contribution is 0.306. The smallest absolute Gasteiger partial charge is 0.242 e. The van der Waals surface area contributed by atoms with E-state index in [2.05, 4.69) is 6.92 Å². The number of rotatable bonds is 8. The molecule has 1 rings (SSSR count). The summed E-state index contributed by atoms with van der Waals surface area (Å²) in [6, 6.07) is 4.58. The van der Waals surface area contributed by atoms with Crippen LogP contribution in [-0.2, 0) is 10.0 Å². The first kappa shape index (κ1) is 16.8. The summed E-state index contributed by atoms with van der Waals surface area (Å²) in [5.41, 5.74) is 6.20. The monoisotopic (exact) mass is 300 g/mol. The molecular weight excluding hydrogens is 276 g/mol. The van der Waals surface area contributed by atoms with Gasteiger partial charge in [0, 0.05) is 14.1 Å². The molecule has 0 spiro atoms. The maximum absolute atomic E-state index is 12.0. The lowest BCUT2D eigenvalue weighted by Crippen LogP contribution is -2.22. The molecule has 20 heavy (non-hydrogen) atoms. The molecule has 114 valence electrons. The zero-order chi connectivity index (χ0) is 15.2. The van der Waals surface area contributed by atoms with Crippen LogP contribution in [0.2, 0.25) is 0 Å². The van der Waals surface area contributed by atoms with Crippen molar-refractivity contribution in [1.82, 2.24) is 4.31 Å². The van der Waals surface area contributed by atoms with Crippen LogP contribution in [0.15, 0.2) is 23.1 Å². The van der Waals surface area contributed by atoms with Gasteiger partial charge in [-0.1, -0.05) is 26.2 Å². The average Bonchev–Trinajstić information content (AvgIpc) is 2.39. The summed E-state index contributed by atoms with van der Waals surface area (Å²) in [6.45, 7) is 2.76. The van der Waals surface area contributed by atoms with Crippen LogP contribution in [0.3, 0.4) is 0 Å². The number of nitrogens with two attached hydrogens (primary N) is 1. The van der Waals surface area contributed by atoms with Crippen molar-refractivity contribution in [3.8, 4) is 5.75 Å². The predicted octanol–water partition coefficient (Wildman–Crippen LogP) is 2.48. The van der Waals surface area contributed by atoms with Crippen LogP contribution in [0.25, 0.3) is 0 Å². The van der Waals surface area contributed by atoms with Crippen LogP contribution in [0.5, 0.6) is 5.75 Å². The first-order chi connectivity index (χ1) is 9.39. The predicted molar refractivity (Wildman–Crippen MR) is 81.4 cm³/mol. The molecule has 0 saturated carbocycles. The lowest BCUT2D eigenvalue weighted by atomic mass is 10.2. The van der Waals surface area contributed by atoms with E-state index < -0.39 is 10.0 Å². The van der Waals surface area contributed by atoms with E-state index >= 15 is 0 Å². The molecule has 0 atom stereocenters. The molecule has 0 aliphatic rings. The first-order valence-electron chi connectivity index (χ1n) is 6.84. The average molecular weight is 300 g/mol. The Morgan fingerprint density at radius 3 is 2.45 bits per heavy atom. The minimum absolute atomic E-state index is 0.179. The van der Waals surface area contributed by atoms with Crippen molar-refractivity contribution in [2.45, 2.75) is 37.5 Å². The molecule has 0 amide bonds. The fraction of sp³-hybridized carbons (Fsp3) is 0.571. The third kappa shape index (κ3) is 4.38. The molecule has 0 saturated heterocycles. The van der Waals surface area contributed by atoms with E-state index in [-0.39, 0.29) is 4.90 Å². The summed E-state index contributed by atoms with van der Waals surface area (Å²) in [5.74, 6) is 0.541. The zero-order valence-electron chi connectivity index (χ0n) is 12.4. The third-order valence-electron chi connectivity index (χ3n) is 3.02. The van der Waals surface area contributed by atoms with Gasteiger partial charge in [0.05, 0.1) is 17.2 Å². The number of hydrogen-bond acceptors (Lipinski definition) is 4. The maximum atomic E-state index is 12.0. The zero-order valence-corrected chi connectivity index (χ0v) is 13.2. The maximum Gasteiger partial charge on any atom is 0.242 e. The van der Waals surface area contributed by atoms with E-state index in [1.165, 1.54) is 39.1 Å². The fourth-order valence-corrected chi connectivity index (χ4v) is 2.68.